The second kappa shape index (κ2) is 6.15. The Labute approximate surface area is 123 Å². The quantitative estimate of drug-likeness (QED) is 0.842. The Morgan fingerprint density at radius 2 is 2.05 bits per heavy atom. The number of H-pyrrole nitrogens is 1. The van der Waals surface area contributed by atoms with Crippen molar-refractivity contribution in [2.24, 2.45) is 0 Å². The van der Waals surface area contributed by atoms with Gasteiger partial charge in [-0.1, -0.05) is 0 Å². The molecule has 0 aliphatic rings. The SMILES string of the molecule is COc1ccc(OC)c(C(C)NS(=O)(=O)c2cnc[nH]2)c1. The fraction of sp³-hybridized carbons (Fsp3) is 0.308. The molecule has 0 amide bonds. The maximum Gasteiger partial charge on any atom is 0.258 e. The number of aromatic amines is 1. The summed E-state index contributed by atoms with van der Waals surface area (Å²) in [5.41, 5.74) is 0.681. The van der Waals surface area contributed by atoms with Gasteiger partial charge in [-0.3, -0.25) is 0 Å². The molecule has 1 heterocycles. The van der Waals surface area contributed by atoms with Crippen molar-refractivity contribution < 1.29 is 17.9 Å². The van der Waals surface area contributed by atoms with Crippen molar-refractivity contribution in [3.8, 4) is 11.5 Å². The minimum absolute atomic E-state index is 0.0104. The van der Waals surface area contributed by atoms with E-state index in [1.807, 2.05) is 0 Å². The van der Waals surface area contributed by atoms with Crippen molar-refractivity contribution in [2.45, 2.75) is 18.0 Å². The maximum atomic E-state index is 12.2. The first-order chi connectivity index (χ1) is 9.97. The van der Waals surface area contributed by atoms with E-state index in [1.54, 1.807) is 32.2 Å². The number of benzene rings is 1. The van der Waals surface area contributed by atoms with Crippen LogP contribution in [-0.2, 0) is 10.0 Å². The molecule has 114 valence electrons. The summed E-state index contributed by atoms with van der Waals surface area (Å²) in [4.78, 5) is 6.28. The van der Waals surface area contributed by atoms with Crippen molar-refractivity contribution in [1.82, 2.24) is 14.7 Å². The molecule has 0 radical (unpaired) electrons. The van der Waals surface area contributed by atoms with Crippen LogP contribution in [0, 0.1) is 0 Å². The highest BCUT2D eigenvalue weighted by molar-refractivity contribution is 7.89. The largest absolute Gasteiger partial charge is 0.497 e. The van der Waals surface area contributed by atoms with E-state index in [0.717, 1.165) is 0 Å². The second-order valence-corrected chi connectivity index (χ2v) is 6.05. The first kappa shape index (κ1) is 15.3. The molecule has 0 aliphatic carbocycles. The summed E-state index contributed by atoms with van der Waals surface area (Å²) >= 11 is 0. The zero-order valence-electron chi connectivity index (χ0n) is 12.0. The topological polar surface area (TPSA) is 93.3 Å². The predicted octanol–water partition coefficient (Wildman–Crippen LogP) is 1.47. The van der Waals surface area contributed by atoms with E-state index in [1.165, 1.54) is 19.6 Å². The first-order valence-electron chi connectivity index (χ1n) is 6.20. The molecule has 1 aromatic carbocycles. The molecule has 1 aromatic heterocycles. The number of imidazole rings is 1. The lowest BCUT2D eigenvalue weighted by atomic mass is 10.1. The molecule has 0 spiro atoms. The summed E-state index contributed by atoms with van der Waals surface area (Å²) in [6, 6.07) is 4.72. The number of sulfonamides is 1. The lowest BCUT2D eigenvalue weighted by molar-refractivity contribution is 0.395. The third kappa shape index (κ3) is 3.34. The molecule has 0 bridgehead atoms. The minimum Gasteiger partial charge on any atom is -0.497 e. The van der Waals surface area contributed by atoms with E-state index in [9.17, 15) is 8.42 Å². The minimum atomic E-state index is -3.67. The first-order valence-corrected chi connectivity index (χ1v) is 7.69. The fourth-order valence-corrected chi connectivity index (χ4v) is 3.05. The van der Waals surface area contributed by atoms with Crippen LogP contribution in [0.1, 0.15) is 18.5 Å². The lowest BCUT2D eigenvalue weighted by Crippen LogP contribution is -2.27. The molecule has 0 saturated carbocycles. The molecule has 0 fully saturated rings. The highest BCUT2D eigenvalue weighted by Crippen LogP contribution is 2.29. The van der Waals surface area contributed by atoms with Gasteiger partial charge in [0, 0.05) is 11.6 Å². The van der Waals surface area contributed by atoms with Crippen molar-refractivity contribution in [3.63, 3.8) is 0 Å². The van der Waals surface area contributed by atoms with Crippen molar-refractivity contribution >= 4 is 10.0 Å². The molecule has 0 aliphatic heterocycles. The van der Waals surface area contributed by atoms with Crippen LogP contribution in [0.4, 0.5) is 0 Å². The van der Waals surface area contributed by atoms with Gasteiger partial charge < -0.3 is 14.5 Å². The number of hydrogen-bond acceptors (Lipinski definition) is 5. The lowest BCUT2D eigenvalue weighted by Gasteiger charge is -2.17. The number of rotatable bonds is 6. The Balaban J connectivity index is 2.30. The molecule has 21 heavy (non-hydrogen) atoms. The van der Waals surface area contributed by atoms with E-state index >= 15 is 0 Å². The van der Waals surface area contributed by atoms with Crippen LogP contribution in [0.15, 0.2) is 35.7 Å². The molecular formula is C13H17N3O4S. The summed E-state index contributed by atoms with van der Waals surface area (Å²) in [6.07, 6.45) is 2.56. The summed E-state index contributed by atoms with van der Waals surface area (Å²) < 4.78 is 37.3. The van der Waals surface area contributed by atoms with E-state index in [2.05, 4.69) is 14.7 Å². The Morgan fingerprint density at radius 3 is 2.62 bits per heavy atom. The van der Waals surface area contributed by atoms with Crippen LogP contribution in [0.25, 0.3) is 0 Å². The molecule has 8 heteroatoms. The van der Waals surface area contributed by atoms with Crippen LogP contribution in [-0.4, -0.2) is 32.6 Å². The normalized spacial score (nSPS) is 12.9. The van der Waals surface area contributed by atoms with E-state index in [4.69, 9.17) is 9.47 Å². The molecular weight excluding hydrogens is 294 g/mol. The van der Waals surface area contributed by atoms with Crippen molar-refractivity contribution in [1.29, 1.82) is 0 Å². The highest BCUT2D eigenvalue weighted by Gasteiger charge is 2.22. The van der Waals surface area contributed by atoms with Gasteiger partial charge in [-0.2, -0.15) is 0 Å². The zero-order valence-corrected chi connectivity index (χ0v) is 12.8. The summed E-state index contributed by atoms with van der Waals surface area (Å²) in [6.45, 7) is 1.73. The average Bonchev–Trinajstić information content (AvgIpc) is 3.01. The Kier molecular flexibility index (Phi) is 4.49. The van der Waals surface area contributed by atoms with Gasteiger partial charge in [-0.25, -0.2) is 18.1 Å². The smallest absolute Gasteiger partial charge is 0.258 e. The molecule has 2 N–H and O–H groups in total. The number of methoxy groups -OCH3 is 2. The van der Waals surface area contributed by atoms with Crippen LogP contribution in [0.3, 0.4) is 0 Å². The Hall–Kier alpha value is -2.06. The standard InChI is InChI=1S/C13H17N3O4S/c1-9(16-21(17,18)13-7-14-8-15-13)11-6-10(19-2)4-5-12(11)20-3/h4-9,16H,1-3H3,(H,14,15). The van der Waals surface area contributed by atoms with Gasteiger partial charge in [0.05, 0.1) is 26.7 Å². The number of hydrogen-bond donors (Lipinski definition) is 2. The third-order valence-corrected chi connectivity index (χ3v) is 4.46. The molecule has 1 unspecified atom stereocenters. The van der Waals surface area contributed by atoms with E-state index in [0.29, 0.717) is 17.1 Å². The van der Waals surface area contributed by atoms with Gasteiger partial charge in [0.1, 0.15) is 11.5 Å². The Morgan fingerprint density at radius 1 is 1.29 bits per heavy atom. The summed E-state index contributed by atoms with van der Waals surface area (Å²) in [5.74, 6) is 1.20. The molecule has 2 rings (SSSR count). The number of nitrogens with one attached hydrogen (secondary N) is 2. The average molecular weight is 311 g/mol. The van der Waals surface area contributed by atoms with Crippen LogP contribution < -0.4 is 14.2 Å². The van der Waals surface area contributed by atoms with Gasteiger partial charge >= 0.3 is 0 Å². The number of nitrogens with zero attached hydrogens (tertiary/aromatic N) is 1. The molecule has 2 aromatic rings. The molecule has 7 nitrogen and oxygen atoms in total. The number of aromatic nitrogens is 2. The van der Waals surface area contributed by atoms with Gasteiger partial charge in [-0.05, 0) is 25.1 Å². The van der Waals surface area contributed by atoms with Crippen molar-refractivity contribution in [2.75, 3.05) is 14.2 Å². The van der Waals surface area contributed by atoms with E-state index in [-0.39, 0.29) is 5.03 Å². The number of ether oxygens (including phenoxy) is 2. The zero-order chi connectivity index (χ0) is 15.5. The van der Waals surface area contributed by atoms with Gasteiger partial charge in [0.2, 0.25) is 0 Å². The second-order valence-electron chi connectivity index (χ2n) is 4.37. The van der Waals surface area contributed by atoms with Gasteiger partial charge in [0.25, 0.3) is 10.0 Å². The Bertz CT molecular complexity index is 698. The third-order valence-electron chi connectivity index (χ3n) is 3.00. The van der Waals surface area contributed by atoms with Gasteiger partial charge in [0.15, 0.2) is 5.03 Å². The fourth-order valence-electron chi connectivity index (χ4n) is 1.93. The van der Waals surface area contributed by atoms with Crippen molar-refractivity contribution in [3.05, 3.63) is 36.3 Å². The molecule has 1 atom stereocenters. The van der Waals surface area contributed by atoms with Crippen LogP contribution >= 0.6 is 0 Å². The van der Waals surface area contributed by atoms with Crippen LogP contribution in [0.2, 0.25) is 0 Å². The highest BCUT2D eigenvalue weighted by atomic mass is 32.2. The molecule has 0 saturated heterocycles. The maximum absolute atomic E-state index is 12.2. The monoisotopic (exact) mass is 311 g/mol. The van der Waals surface area contributed by atoms with Crippen LogP contribution in [0.5, 0.6) is 11.5 Å². The summed E-state index contributed by atoms with van der Waals surface area (Å²) in [5, 5.41) is 0.0104. The van der Waals surface area contributed by atoms with Gasteiger partial charge in [-0.15, -0.1) is 0 Å². The summed E-state index contributed by atoms with van der Waals surface area (Å²) in [7, 11) is -0.597. The van der Waals surface area contributed by atoms with E-state index < -0.39 is 16.1 Å². The predicted molar refractivity (Wildman–Crippen MR) is 76.9 cm³/mol.